The van der Waals surface area contributed by atoms with Crippen molar-refractivity contribution in [1.82, 2.24) is 14.5 Å². The molecule has 18 heavy (non-hydrogen) atoms. The van der Waals surface area contributed by atoms with Gasteiger partial charge in [-0.1, -0.05) is 15.9 Å². The molecule has 1 aromatic carbocycles. The van der Waals surface area contributed by atoms with Crippen LogP contribution in [-0.2, 0) is 0 Å². The molecule has 0 saturated carbocycles. The summed E-state index contributed by atoms with van der Waals surface area (Å²) in [6.45, 7) is 0. The summed E-state index contributed by atoms with van der Waals surface area (Å²) in [4.78, 5) is 7.24. The largest absolute Gasteiger partial charge is 0.329 e. The van der Waals surface area contributed by atoms with Crippen LogP contribution in [-0.4, -0.2) is 14.5 Å². The SMILES string of the molecule is S=c1[nH]c2cnccc2n1-c1ccc(Br)cc1Br. The molecule has 0 atom stereocenters. The van der Waals surface area contributed by atoms with Crippen LogP contribution in [0.1, 0.15) is 0 Å². The number of halogens is 2. The second-order valence-corrected chi connectivity index (χ2v) is 5.91. The van der Waals surface area contributed by atoms with Crippen LogP contribution in [0.15, 0.2) is 45.6 Å². The monoisotopic (exact) mass is 383 g/mol. The topological polar surface area (TPSA) is 33.6 Å². The van der Waals surface area contributed by atoms with E-state index in [4.69, 9.17) is 12.2 Å². The van der Waals surface area contributed by atoms with Crippen LogP contribution in [0.3, 0.4) is 0 Å². The van der Waals surface area contributed by atoms with Crippen LogP contribution in [0.5, 0.6) is 0 Å². The molecule has 2 heterocycles. The predicted octanol–water partition coefficient (Wildman–Crippen LogP) is 4.61. The average Bonchev–Trinajstić information content (AvgIpc) is 2.66. The highest BCUT2D eigenvalue weighted by Gasteiger charge is 2.09. The van der Waals surface area contributed by atoms with Gasteiger partial charge in [0.2, 0.25) is 0 Å². The lowest BCUT2D eigenvalue weighted by molar-refractivity contribution is 1.06. The number of nitrogens with one attached hydrogen (secondary N) is 1. The number of fused-ring (bicyclic) bond motifs is 1. The zero-order valence-electron chi connectivity index (χ0n) is 9.02. The third kappa shape index (κ3) is 1.94. The molecule has 0 bridgehead atoms. The van der Waals surface area contributed by atoms with Crippen molar-refractivity contribution in [3.05, 3.63) is 50.4 Å². The van der Waals surface area contributed by atoms with Crippen LogP contribution in [0.2, 0.25) is 0 Å². The number of imidazole rings is 1. The smallest absolute Gasteiger partial charge is 0.182 e. The van der Waals surface area contributed by atoms with Crippen LogP contribution in [0, 0.1) is 4.77 Å². The zero-order valence-corrected chi connectivity index (χ0v) is 13.0. The first-order chi connectivity index (χ1) is 8.66. The molecule has 0 aliphatic rings. The quantitative estimate of drug-likeness (QED) is 0.621. The van der Waals surface area contributed by atoms with Crippen molar-refractivity contribution in [2.75, 3.05) is 0 Å². The molecular formula is C12H7Br2N3S. The Kier molecular flexibility index (Phi) is 3.09. The number of aromatic nitrogens is 3. The molecule has 0 aliphatic carbocycles. The maximum Gasteiger partial charge on any atom is 0.182 e. The van der Waals surface area contributed by atoms with E-state index in [0.717, 1.165) is 25.7 Å². The minimum atomic E-state index is 0.654. The van der Waals surface area contributed by atoms with Gasteiger partial charge in [-0.15, -0.1) is 0 Å². The molecule has 3 aromatic rings. The molecule has 0 fully saturated rings. The molecule has 0 saturated heterocycles. The van der Waals surface area contributed by atoms with Crippen molar-refractivity contribution in [2.45, 2.75) is 0 Å². The van der Waals surface area contributed by atoms with Gasteiger partial charge >= 0.3 is 0 Å². The van der Waals surface area contributed by atoms with E-state index in [1.807, 2.05) is 28.8 Å². The van der Waals surface area contributed by atoms with Crippen molar-refractivity contribution >= 4 is 55.1 Å². The molecule has 0 unspecified atom stereocenters. The molecule has 1 N–H and O–H groups in total. The number of hydrogen-bond donors (Lipinski definition) is 1. The van der Waals surface area contributed by atoms with Gasteiger partial charge in [0.15, 0.2) is 4.77 Å². The molecular weight excluding hydrogens is 378 g/mol. The Balaban J connectivity index is 2.38. The fourth-order valence-electron chi connectivity index (χ4n) is 1.86. The lowest BCUT2D eigenvalue weighted by atomic mass is 10.3. The van der Waals surface area contributed by atoms with Crippen LogP contribution in [0.4, 0.5) is 0 Å². The van der Waals surface area contributed by atoms with E-state index >= 15 is 0 Å². The molecule has 0 amide bonds. The van der Waals surface area contributed by atoms with Gasteiger partial charge < -0.3 is 4.98 Å². The Hall–Kier alpha value is -0.980. The Morgan fingerprint density at radius 1 is 1.22 bits per heavy atom. The molecule has 0 radical (unpaired) electrons. The van der Waals surface area contributed by atoms with Gasteiger partial charge in [0, 0.05) is 15.1 Å². The molecule has 3 nitrogen and oxygen atoms in total. The van der Waals surface area contributed by atoms with Gasteiger partial charge in [0.1, 0.15) is 0 Å². The number of hydrogen-bond acceptors (Lipinski definition) is 2. The molecule has 2 aromatic heterocycles. The molecule has 0 spiro atoms. The number of rotatable bonds is 1. The van der Waals surface area contributed by atoms with Crippen molar-refractivity contribution in [3.63, 3.8) is 0 Å². The second kappa shape index (κ2) is 4.60. The minimum absolute atomic E-state index is 0.654. The standard InChI is InChI=1S/C12H7Br2N3S/c13-7-1-2-10(8(14)5-7)17-11-3-4-15-6-9(11)16-12(17)18/h1-6H,(H,16,18). The Morgan fingerprint density at radius 3 is 2.83 bits per heavy atom. The van der Waals surface area contributed by atoms with Crippen molar-refractivity contribution < 1.29 is 0 Å². The summed E-state index contributed by atoms with van der Waals surface area (Å²) >= 11 is 12.4. The van der Waals surface area contributed by atoms with Crippen molar-refractivity contribution in [1.29, 1.82) is 0 Å². The summed E-state index contributed by atoms with van der Waals surface area (Å²) in [6.07, 6.45) is 3.53. The summed E-state index contributed by atoms with van der Waals surface area (Å²) in [5, 5.41) is 0. The fraction of sp³-hybridized carbons (Fsp3) is 0. The highest BCUT2D eigenvalue weighted by Crippen LogP contribution is 2.28. The van der Waals surface area contributed by atoms with Crippen molar-refractivity contribution in [2.24, 2.45) is 0 Å². The third-order valence-electron chi connectivity index (χ3n) is 2.63. The number of aromatic amines is 1. The highest BCUT2D eigenvalue weighted by atomic mass is 79.9. The first-order valence-corrected chi connectivity index (χ1v) is 7.16. The van der Waals surface area contributed by atoms with Gasteiger partial charge in [0.05, 0.1) is 22.9 Å². The summed E-state index contributed by atoms with van der Waals surface area (Å²) in [7, 11) is 0. The Labute approximate surface area is 125 Å². The minimum Gasteiger partial charge on any atom is -0.329 e. The van der Waals surface area contributed by atoms with E-state index in [9.17, 15) is 0 Å². The van der Waals surface area contributed by atoms with Gasteiger partial charge in [-0.2, -0.15) is 0 Å². The van der Waals surface area contributed by atoms with Crippen molar-refractivity contribution in [3.8, 4) is 5.69 Å². The van der Waals surface area contributed by atoms with Crippen LogP contribution >= 0.6 is 44.1 Å². The van der Waals surface area contributed by atoms with E-state index < -0.39 is 0 Å². The summed E-state index contributed by atoms with van der Waals surface area (Å²) in [5.74, 6) is 0. The number of H-pyrrole nitrogens is 1. The number of benzene rings is 1. The first-order valence-electron chi connectivity index (χ1n) is 5.17. The average molecular weight is 385 g/mol. The lowest BCUT2D eigenvalue weighted by Gasteiger charge is -2.07. The van der Waals surface area contributed by atoms with Gasteiger partial charge in [-0.25, -0.2) is 0 Å². The number of nitrogens with zero attached hydrogens (tertiary/aromatic N) is 2. The lowest BCUT2D eigenvalue weighted by Crippen LogP contribution is -1.95. The zero-order chi connectivity index (χ0) is 12.7. The van der Waals surface area contributed by atoms with Gasteiger partial charge in [-0.05, 0) is 52.4 Å². The first kappa shape index (κ1) is 12.1. The van der Waals surface area contributed by atoms with Gasteiger partial charge in [-0.3, -0.25) is 9.55 Å². The van der Waals surface area contributed by atoms with Crippen LogP contribution < -0.4 is 0 Å². The normalized spacial score (nSPS) is 11.0. The summed E-state index contributed by atoms with van der Waals surface area (Å²) < 4.78 is 4.64. The maximum absolute atomic E-state index is 5.37. The summed E-state index contributed by atoms with van der Waals surface area (Å²) in [6, 6.07) is 7.94. The molecule has 0 aliphatic heterocycles. The Bertz CT molecular complexity index is 791. The molecule has 90 valence electrons. The van der Waals surface area contributed by atoms with Gasteiger partial charge in [0.25, 0.3) is 0 Å². The second-order valence-electron chi connectivity index (χ2n) is 3.75. The molecule has 3 rings (SSSR count). The fourth-order valence-corrected chi connectivity index (χ4v) is 3.39. The van der Waals surface area contributed by atoms with E-state index in [-0.39, 0.29) is 0 Å². The third-order valence-corrected chi connectivity index (χ3v) is 4.05. The highest BCUT2D eigenvalue weighted by molar-refractivity contribution is 9.11. The van der Waals surface area contributed by atoms with Crippen LogP contribution in [0.25, 0.3) is 16.7 Å². The van der Waals surface area contributed by atoms with E-state index in [1.165, 1.54) is 0 Å². The molecule has 6 heteroatoms. The Morgan fingerprint density at radius 2 is 2.06 bits per heavy atom. The van der Waals surface area contributed by atoms with E-state index in [0.29, 0.717) is 4.77 Å². The van der Waals surface area contributed by atoms with E-state index in [1.54, 1.807) is 12.4 Å². The number of pyridine rings is 1. The summed E-state index contributed by atoms with van der Waals surface area (Å²) in [5.41, 5.74) is 2.94. The maximum atomic E-state index is 5.37. The predicted molar refractivity (Wildman–Crippen MR) is 81.7 cm³/mol. The van der Waals surface area contributed by atoms with E-state index in [2.05, 4.69) is 41.8 Å².